The standard InChI is InChI=1S/C10H11N3O3S/c1-16-13-8(7-3-2-4-17-7)10(15)12-6-5-11-9(6)14/h2-4,6H,5H2,1H3,(H,11,14)(H,12,15)/b13-8+. The molecule has 2 rings (SSSR count). The van der Waals surface area contributed by atoms with Gasteiger partial charge < -0.3 is 15.5 Å². The van der Waals surface area contributed by atoms with Crippen molar-refractivity contribution < 1.29 is 14.4 Å². The molecule has 1 aliphatic heterocycles. The molecule has 1 saturated heterocycles. The maximum atomic E-state index is 11.9. The number of amides is 2. The monoisotopic (exact) mass is 253 g/mol. The van der Waals surface area contributed by atoms with Gasteiger partial charge in [-0.25, -0.2) is 0 Å². The van der Waals surface area contributed by atoms with Gasteiger partial charge in [0.25, 0.3) is 5.91 Å². The van der Waals surface area contributed by atoms with E-state index in [2.05, 4.69) is 20.6 Å². The molecule has 0 spiro atoms. The highest BCUT2D eigenvalue weighted by Gasteiger charge is 2.30. The molecule has 0 bridgehead atoms. The second kappa shape index (κ2) is 4.96. The van der Waals surface area contributed by atoms with E-state index in [0.717, 1.165) is 0 Å². The lowest BCUT2D eigenvalue weighted by Gasteiger charge is -2.26. The number of carbonyl (C=O) groups is 2. The highest BCUT2D eigenvalue weighted by atomic mass is 32.1. The van der Waals surface area contributed by atoms with Gasteiger partial charge in [0.05, 0.1) is 4.88 Å². The number of hydrogen-bond donors (Lipinski definition) is 2. The van der Waals surface area contributed by atoms with Crippen molar-refractivity contribution in [3.8, 4) is 0 Å². The summed E-state index contributed by atoms with van der Waals surface area (Å²) in [5.41, 5.74) is 0.183. The number of oxime groups is 1. The Bertz CT molecular complexity index is 455. The summed E-state index contributed by atoms with van der Waals surface area (Å²) in [6, 6.07) is 3.11. The first kappa shape index (κ1) is 11.6. The first-order valence-corrected chi connectivity index (χ1v) is 5.84. The third kappa shape index (κ3) is 2.44. The summed E-state index contributed by atoms with van der Waals surface area (Å²) >= 11 is 1.38. The molecule has 0 saturated carbocycles. The third-order valence-electron chi connectivity index (χ3n) is 2.25. The summed E-state index contributed by atoms with van der Waals surface area (Å²) in [5, 5.41) is 10.7. The summed E-state index contributed by atoms with van der Waals surface area (Å²) in [6.07, 6.45) is 0. The van der Waals surface area contributed by atoms with Crippen molar-refractivity contribution in [2.24, 2.45) is 5.16 Å². The molecule has 1 atom stereocenters. The van der Waals surface area contributed by atoms with Crippen LogP contribution in [0.3, 0.4) is 0 Å². The molecule has 0 aromatic carbocycles. The van der Waals surface area contributed by atoms with Gasteiger partial charge in [0, 0.05) is 6.54 Å². The zero-order valence-corrected chi connectivity index (χ0v) is 9.91. The minimum absolute atomic E-state index is 0.179. The number of nitrogens with zero attached hydrogens (tertiary/aromatic N) is 1. The summed E-state index contributed by atoms with van der Waals surface area (Å²) in [4.78, 5) is 28.3. The molecule has 7 heteroatoms. The van der Waals surface area contributed by atoms with Gasteiger partial charge in [-0.3, -0.25) is 9.59 Å². The van der Waals surface area contributed by atoms with Gasteiger partial charge >= 0.3 is 0 Å². The molecule has 0 radical (unpaired) electrons. The zero-order valence-electron chi connectivity index (χ0n) is 9.10. The normalized spacial score (nSPS) is 19.2. The fourth-order valence-electron chi connectivity index (χ4n) is 1.33. The quantitative estimate of drug-likeness (QED) is 0.440. The molecule has 2 amide bonds. The van der Waals surface area contributed by atoms with Crippen molar-refractivity contribution in [3.63, 3.8) is 0 Å². The van der Waals surface area contributed by atoms with Gasteiger partial charge in [0.2, 0.25) is 5.91 Å². The summed E-state index contributed by atoms with van der Waals surface area (Å²) in [5.74, 6) is -0.588. The van der Waals surface area contributed by atoms with Gasteiger partial charge in [-0.15, -0.1) is 11.3 Å². The molecule has 2 N–H and O–H groups in total. The van der Waals surface area contributed by atoms with Crippen molar-refractivity contribution >= 4 is 28.9 Å². The second-order valence-corrected chi connectivity index (χ2v) is 4.32. The third-order valence-corrected chi connectivity index (χ3v) is 3.13. The van der Waals surface area contributed by atoms with Gasteiger partial charge in [0.15, 0.2) is 5.71 Å². The number of rotatable bonds is 4. The maximum Gasteiger partial charge on any atom is 0.275 e. The molecule has 17 heavy (non-hydrogen) atoms. The Hall–Kier alpha value is -1.89. The van der Waals surface area contributed by atoms with Crippen LogP contribution in [0.2, 0.25) is 0 Å². The molecule has 1 aliphatic rings. The Morgan fingerprint density at radius 2 is 2.53 bits per heavy atom. The van der Waals surface area contributed by atoms with Gasteiger partial charge in [-0.1, -0.05) is 11.2 Å². The van der Waals surface area contributed by atoms with E-state index in [1.165, 1.54) is 18.4 Å². The number of hydrogen-bond acceptors (Lipinski definition) is 5. The molecular formula is C10H11N3O3S. The predicted octanol–water partition coefficient (Wildman–Crippen LogP) is -0.287. The largest absolute Gasteiger partial charge is 0.398 e. The lowest BCUT2D eigenvalue weighted by Crippen LogP contribution is -2.62. The smallest absolute Gasteiger partial charge is 0.275 e. The van der Waals surface area contributed by atoms with E-state index >= 15 is 0 Å². The van der Waals surface area contributed by atoms with E-state index < -0.39 is 11.9 Å². The molecule has 6 nitrogen and oxygen atoms in total. The minimum atomic E-state index is -0.468. The Labute approximate surface area is 102 Å². The van der Waals surface area contributed by atoms with Crippen molar-refractivity contribution in [2.75, 3.05) is 13.7 Å². The Balaban J connectivity index is 2.09. The van der Waals surface area contributed by atoms with Crippen molar-refractivity contribution in [2.45, 2.75) is 6.04 Å². The van der Waals surface area contributed by atoms with Crippen LogP contribution in [-0.2, 0) is 14.4 Å². The van der Waals surface area contributed by atoms with Crippen LogP contribution < -0.4 is 10.6 Å². The highest BCUT2D eigenvalue weighted by molar-refractivity contribution is 7.13. The first-order chi connectivity index (χ1) is 8.22. The van der Waals surface area contributed by atoms with Gasteiger partial charge in [-0.2, -0.15) is 0 Å². The van der Waals surface area contributed by atoms with Crippen LogP contribution in [0.25, 0.3) is 0 Å². The van der Waals surface area contributed by atoms with Crippen LogP contribution in [0.5, 0.6) is 0 Å². The number of β-lactam (4-membered cyclic amide) rings is 1. The van der Waals surface area contributed by atoms with Crippen LogP contribution in [0.15, 0.2) is 22.7 Å². The molecule has 0 aliphatic carbocycles. The van der Waals surface area contributed by atoms with E-state index in [4.69, 9.17) is 0 Å². The Morgan fingerprint density at radius 3 is 3.00 bits per heavy atom. The Morgan fingerprint density at radius 1 is 1.71 bits per heavy atom. The lowest BCUT2D eigenvalue weighted by molar-refractivity contribution is -0.131. The predicted molar refractivity (Wildman–Crippen MR) is 62.8 cm³/mol. The average molecular weight is 253 g/mol. The van der Waals surface area contributed by atoms with Crippen LogP contribution in [-0.4, -0.2) is 37.2 Å². The highest BCUT2D eigenvalue weighted by Crippen LogP contribution is 2.11. The molecular weight excluding hydrogens is 242 g/mol. The topological polar surface area (TPSA) is 79.8 Å². The van der Waals surface area contributed by atoms with Crippen LogP contribution in [0.4, 0.5) is 0 Å². The maximum absolute atomic E-state index is 11.9. The van der Waals surface area contributed by atoms with Crippen molar-refractivity contribution in [1.29, 1.82) is 0 Å². The first-order valence-electron chi connectivity index (χ1n) is 4.96. The minimum Gasteiger partial charge on any atom is -0.398 e. The van der Waals surface area contributed by atoms with Crippen LogP contribution >= 0.6 is 11.3 Å². The molecule has 90 valence electrons. The number of thiophene rings is 1. The van der Waals surface area contributed by atoms with E-state index in [0.29, 0.717) is 11.4 Å². The van der Waals surface area contributed by atoms with E-state index in [1.54, 1.807) is 6.07 Å². The van der Waals surface area contributed by atoms with Crippen molar-refractivity contribution in [1.82, 2.24) is 10.6 Å². The second-order valence-electron chi connectivity index (χ2n) is 3.37. The molecule has 1 aromatic heterocycles. The van der Waals surface area contributed by atoms with E-state index in [1.807, 2.05) is 11.4 Å². The molecule has 1 unspecified atom stereocenters. The lowest BCUT2D eigenvalue weighted by atomic mass is 10.1. The number of carbonyl (C=O) groups excluding carboxylic acids is 2. The SMILES string of the molecule is CO/N=C(/C(=O)NC1CNC1=O)c1cccs1. The van der Waals surface area contributed by atoms with Crippen LogP contribution in [0.1, 0.15) is 4.88 Å². The molecule has 1 fully saturated rings. The zero-order chi connectivity index (χ0) is 12.3. The fourth-order valence-corrected chi connectivity index (χ4v) is 2.04. The fraction of sp³-hybridized carbons (Fsp3) is 0.300. The van der Waals surface area contributed by atoms with E-state index in [9.17, 15) is 9.59 Å². The van der Waals surface area contributed by atoms with E-state index in [-0.39, 0.29) is 11.6 Å². The Kier molecular flexibility index (Phi) is 3.38. The number of nitrogens with one attached hydrogen (secondary N) is 2. The molecule has 2 heterocycles. The summed E-state index contributed by atoms with van der Waals surface area (Å²) < 4.78 is 0. The molecule has 1 aromatic rings. The van der Waals surface area contributed by atoms with Gasteiger partial charge in [0.1, 0.15) is 13.2 Å². The van der Waals surface area contributed by atoms with Crippen LogP contribution in [0, 0.1) is 0 Å². The van der Waals surface area contributed by atoms with Gasteiger partial charge in [-0.05, 0) is 11.4 Å². The van der Waals surface area contributed by atoms with Crippen molar-refractivity contribution in [3.05, 3.63) is 22.4 Å². The average Bonchev–Trinajstić information content (AvgIpc) is 2.84. The summed E-state index contributed by atoms with van der Waals surface area (Å²) in [7, 11) is 1.37. The summed E-state index contributed by atoms with van der Waals surface area (Å²) in [6.45, 7) is 0.454.